The van der Waals surface area contributed by atoms with E-state index in [0.717, 1.165) is 31.4 Å². The molecule has 0 unspecified atom stereocenters. The van der Waals surface area contributed by atoms with Crippen molar-refractivity contribution in [1.29, 1.82) is 0 Å². The Morgan fingerprint density at radius 2 is 1.94 bits per heavy atom. The summed E-state index contributed by atoms with van der Waals surface area (Å²) in [6, 6.07) is 15.0. The molecule has 0 spiro atoms. The molecule has 0 fully saturated rings. The van der Waals surface area contributed by atoms with Crippen molar-refractivity contribution < 1.29 is 5.11 Å². The van der Waals surface area contributed by atoms with E-state index in [1.165, 1.54) is 33.6 Å². The minimum absolute atomic E-state index is 0.317. The first-order valence-corrected chi connectivity index (χ1v) is 11.0. The molecule has 0 saturated carbocycles. The van der Waals surface area contributed by atoms with E-state index in [2.05, 4.69) is 66.0 Å². The Morgan fingerprint density at radius 3 is 2.68 bits per heavy atom. The number of aliphatic hydroxyl groups is 1. The summed E-state index contributed by atoms with van der Waals surface area (Å²) in [4.78, 5) is 0. The van der Waals surface area contributed by atoms with Gasteiger partial charge in [-0.3, -0.25) is 0 Å². The molecule has 3 aromatic rings. The number of hydrogen-bond donors (Lipinski definition) is 2. The second-order valence-corrected chi connectivity index (χ2v) is 9.01. The predicted molar refractivity (Wildman–Crippen MR) is 125 cm³/mol. The molecular formula is C27H31N3O. The summed E-state index contributed by atoms with van der Waals surface area (Å²) in [5.74, 6) is 5.88. The molecule has 1 aliphatic carbocycles. The Balaban J connectivity index is 1.48. The van der Waals surface area contributed by atoms with Gasteiger partial charge in [0.05, 0.1) is 11.9 Å². The lowest BCUT2D eigenvalue weighted by molar-refractivity contribution is 0.143. The van der Waals surface area contributed by atoms with E-state index in [9.17, 15) is 5.11 Å². The maximum Gasteiger partial charge on any atom is 0.120 e. The van der Waals surface area contributed by atoms with Gasteiger partial charge in [-0.2, -0.15) is 5.10 Å². The normalized spacial score (nSPS) is 15.8. The Bertz CT molecular complexity index is 1120. The first-order chi connectivity index (χ1) is 14.8. The van der Waals surface area contributed by atoms with Gasteiger partial charge in [0, 0.05) is 29.4 Å². The fourth-order valence-corrected chi connectivity index (χ4v) is 4.11. The zero-order chi connectivity index (χ0) is 22.0. The van der Waals surface area contributed by atoms with Crippen LogP contribution in [0.4, 0.5) is 0 Å². The number of aryl methyl sites for hydroxylation is 1. The fourth-order valence-electron chi connectivity index (χ4n) is 4.11. The summed E-state index contributed by atoms with van der Waals surface area (Å²) in [5.41, 5.74) is 7.59. The maximum absolute atomic E-state index is 9.75. The average Bonchev–Trinajstić information content (AvgIpc) is 3.17. The van der Waals surface area contributed by atoms with Crippen molar-refractivity contribution >= 4 is 0 Å². The molecule has 0 amide bonds. The van der Waals surface area contributed by atoms with Gasteiger partial charge in [0.1, 0.15) is 5.60 Å². The number of aromatic nitrogens is 2. The second kappa shape index (κ2) is 8.70. The average molecular weight is 414 g/mol. The maximum atomic E-state index is 9.75. The first-order valence-electron chi connectivity index (χ1n) is 11.0. The van der Waals surface area contributed by atoms with Crippen LogP contribution < -0.4 is 5.32 Å². The molecule has 0 saturated heterocycles. The number of nitrogens with one attached hydrogen (secondary N) is 1. The summed E-state index contributed by atoms with van der Waals surface area (Å²) in [6.45, 7) is 8.52. The topological polar surface area (TPSA) is 50.1 Å². The zero-order valence-corrected chi connectivity index (χ0v) is 18.9. The lowest BCUT2D eigenvalue weighted by Crippen LogP contribution is -2.25. The van der Waals surface area contributed by atoms with Crippen molar-refractivity contribution in [2.24, 2.45) is 0 Å². The smallest absolute Gasteiger partial charge is 0.120 e. The van der Waals surface area contributed by atoms with Gasteiger partial charge in [-0.15, -0.1) is 0 Å². The van der Waals surface area contributed by atoms with Crippen molar-refractivity contribution in [2.75, 3.05) is 0 Å². The quantitative estimate of drug-likeness (QED) is 0.605. The highest BCUT2D eigenvalue weighted by Crippen LogP contribution is 2.32. The molecule has 2 aromatic carbocycles. The largest absolute Gasteiger partial charge is 0.378 e. The fraction of sp³-hybridized carbons (Fsp3) is 0.370. The lowest BCUT2D eigenvalue weighted by Gasteiger charge is -2.25. The predicted octanol–water partition coefficient (Wildman–Crippen LogP) is 4.78. The summed E-state index contributed by atoms with van der Waals surface area (Å²) in [6.07, 6.45) is 5.39. The molecule has 160 valence electrons. The van der Waals surface area contributed by atoms with Crippen molar-refractivity contribution in [2.45, 2.75) is 65.1 Å². The van der Waals surface area contributed by atoms with Crippen molar-refractivity contribution in [3.63, 3.8) is 0 Å². The van der Waals surface area contributed by atoms with Crippen LogP contribution in [0.25, 0.3) is 5.69 Å². The monoisotopic (exact) mass is 413 g/mol. The zero-order valence-electron chi connectivity index (χ0n) is 18.9. The molecule has 0 radical (unpaired) electrons. The number of fused-ring (bicyclic) bond motifs is 1. The summed E-state index contributed by atoms with van der Waals surface area (Å²) >= 11 is 0. The van der Waals surface area contributed by atoms with Crippen molar-refractivity contribution in [3.8, 4) is 17.5 Å². The Labute approximate surface area is 185 Å². The third-order valence-electron chi connectivity index (χ3n) is 6.01. The summed E-state index contributed by atoms with van der Waals surface area (Å²) < 4.78 is 2.14. The third kappa shape index (κ3) is 4.90. The number of benzene rings is 2. The first kappa shape index (κ1) is 21.4. The van der Waals surface area contributed by atoms with Crippen LogP contribution in [0.5, 0.6) is 0 Å². The van der Waals surface area contributed by atoms with Gasteiger partial charge < -0.3 is 10.4 Å². The Kier molecular flexibility index (Phi) is 6.00. The minimum atomic E-state index is -0.972. The van der Waals surface area contributed by atoms with Crippen LogP contribution in [0, 0.1) is 25.7 Å². The number of hydrogen-bond acceptors (Lipinski definition) is 3. The van der Waals surface area contributed by atoms with Gasteiger partial charge in [0.2, 0.25) is 0 Å². The molecule has 0 bridgehead atoms. The number of rotatable bonds is 4. The second-order valence-electron chi connectivity index (χ2n) is 9.01. The third-order valence-corrected chi connectivity index (χ3v) is 6.01. The standard InChI is InChI=1S/C27H31N3O/c1-19-7-5-9-25(20(19)2)30-26-10-6-8-24(23(26)18-29-30)28-17-22-13-11-21(12-14-22)15-16-27(3,4)31/h5,7,9,11-14,18,24,28,31H,6,8,10,17H2,1-4H3/t24-/m0/s1. The molecule has 1 atom stereocenters. The van der Waals surface area contributed by atoms with Crippen molar-refractivity contribution in [1.82, 2.24) is 15.1 Å². The van der Waals surface area contributed by atoms with Crippen LogP contribution >= 0.6 is 0 Å². The van der Waals surface area contributed by atoms with Gasteiger partial charge in [-0.1, -0.05) is 36.1 Å². The van der Waals surface area contributed by atoms with Crippen LogP contribution in [0.2, 0.25) is 0 Å². The molecule has 4 rings (SSSR count). The van der Waals surface area contributed by atoms with Gasteiger partial charge in [0.15, 0.2) is 0 Å². The summed E-state index contributed by atoms with van der Waals surface area (Å²) in [7, 11) is 0. The molecule has 1 heterocycles. The van der Waals surface area contributed by atoms with Crippen LogP contribution in [0.15, 0.2) is 48.7 Å². The van der Waals surface area contributed by atoms with Crippen LogP contribution in [-0.4, -0.2) is 20.5 Å². The van der Waals surface area contributed by atoms with E-state index in [1.54, 1.807) is 13.8 Å². The van der Waals surface area contributed by atoms with E-state index in [0.29, 0.717) is 6.04 Å². The highest BCUT2D eigenvalue weighted by molar-refractivity contribution is 5.46. The van der Waals surface area contributed by atoms with Crippen molar-refractivity contribution in [3.05, 3.63) is 82.2 Å². The van der Waals surface area contributed by atoms with E-state index < -0.39 is 5.60 Å². The molecule has 31 heavy (non-hydrogen) atoms. The van der Waals surface area contributed by atoms with E-state index in [1.807, 2.05) is 18.3 Å². The lowest BCUT2D eigenvalue weighted by atomic mass is 9.92. The van der Waals surface area contributed by atoms with Crippen LogP contribution in [0.3, 0.4) is 0 Å². The van der Waals surface area contributed by atoms with Gasteiger partial charge in [-0.25, -0.2) is 4.68 Å². The van der Waals surface area contributed by atoms with E-state index >= 15 is 0 Å². The van der Waals surface area contributed by atoms with Crippen LogP contribution in [0.1, 0.15) is 66.2 Å². The molecule has 1 aromatic heterocycles. The molecule has 0 aliphatic heterocycles. The molecule has 2 N–H and O–H groups in total. The minimum Gasteiger partial charge on any atom is -0.378 e. The molecule has 4 nitrogen and oxygen atoms in total. The molecule has 1 aliphatic rings. The number of nitrogens with zero attached hydrogens (tertiary/aromatic N) is 2. The highest BCUT2D eigenvalue weighted by atomic mass is 16.3. The molecular weight excluding hydrogens is 382 g/mol. The Hall–Kier alpha value is -2.87. The van der Waals surface area contributed by atoms with E-state index in [4.69, 9.17) is 5.10 Å². The van der Waals surface area contributed by atoms with Gasteiger partial charge >= 0.3 is 0 Å². The molecule has 4 heteroatoms. The highest BCUT2D eigenvalue weighted by Gasteiger charge is 2.25. The SMILES string of the molecule is Cc1cccc(-n2ncc3c2CCC[C@@H]3NCc2ccc(C#CC(C)(C)O)cc2)c1C. The van der Waals surface area contributed by atoms with Gasteiger partial charge in [0.25, 0.3) is 0 Å². The van der Waals surface area contributed by atoms with E-state index in [-0.39, 0.29) is 0 Å². The summed E-state index contributed by atoms with van der Waals surface area (Å²) in [5, 5.41) is 18.3. The van der Waals surface area contributed by atoms with Gasteiger partial charge in [-0.05, 0) is 81.8 Å². The Morgan fingerprint density at radius 1 is 1.16 bits per heavy atom. The van der Waals surface area contributed by atoms with Crippen LogP contribution in [-0.2, 0) is 13.0 Å².